The third-order valence-electron chi connectivity index (χ3n) is 5.09. The van der Waals surface area contributed by atoms with Gasteiger partial charge in [-0.2, -0.15) is 5.10 Å². The van der Waals surface area contributed by atoms with Crippen LogP contribution >= 0.6 is 0 Å². The van der Waals surface area contributed by atoms with Crippen molar-refractivity contribution in [3.05, 3.63) is 53.9 Å². The van der Waals surface area contributed by atoms with Gasteiger partial charge in [0.1, 0.15) is 11.3 Å². The molecule has 0 radical (unpaired) electrons. The fourth-order valence-electron chi connectivity index (χ4n) is 3.60. The molecule has 1 fully saturated rings. The van der Waals surface area contributed by atoms with E-state index >= 15 is 0 Å². The number of fused-ring (bicyclic) bond motifs is 1. The first-order valence-electron chi connectivity index (χ1n) is 9.09. The Labute approximate surface area is 155 Å². The van der Waals surface area contributed by atoms with Gasteiger partial charge in [-0.3, -0.25) is 4.79 Å². The molecule has 1 unspecified atom stereocenters. The lowest BCUT2D eigenvalue weighted by molar-refractivity contribution is 0.0637. The largest absolute Gasteiger partial charge is 0.336 e. The van der Waals surface area contributed by atoms with Crippen molar-refractivity contribution >= 4 is 11.6 Å². The van der Waals surface area contributed by atoms with Gasteiger partial charge in [0.2, 0.25) is 0 Å². The highest BCUT2D eigenvalue weighted by Crippen LogP contribution is 2.28. The summed E-state index contributed by atoms with van der Waals surface area (Å²) in [6.45, 7) is 2.67. The van der Waals surface area contributed by atoms with E-state index < -0.39 is 6.43 Å². The number of carbonyl (C=O) groups is 1. The normalized spacial score (nSPS) is 17.6. The second-order valence-electron chi connectivity index (χ2n) is 6.87. The Morgan fingerprint density at radius 3 is 2.70 bits per heavy atom. The number of amides is 1. The molecule has 5 nitrogen and oxygen atoms in total. The fraction of sp³-hybridized carbons (Fsp3) is 0.350. The van der Waals surface area contributed by atoms with Gasteiger partial charge in [0.15, 0.2) is 5.65 Å². The number of likely N-dealkylation sites (tertiary alicyclic amines) is 1. The number of nitrogens with zero attached hydrogens (tertiary/aromatic N) is 4. The smallest absolute Gasteiger partial charge is 0.280 e. The molecule has 27 heavy (non-hydrogen) atoms. The zero-order valence-electron chi connectivity index (χ0n) is 15.0. The third kappa shape index (κ3) is 3.18. The Morgan fingerprint density at radius 1 is 1.22 bits per heavy atom. The maximum atomic E-state index is 13.6. The first kappa shape index (κ1) is 17.6. The topological polar surface area (TPSA) is 50.5 Å². The van der Waals surface area contributed by atoms with Gasteiger partial charge in [-0.1, -0.05) is 30.3 Å². The molecule has 1 atom stereocenters. The number of carbonyl (C=O) groups excluding carboxylic acids is 1. The molecule has 0 spiro atoms. The number of rotatable bonds is 3. The molecule has 3 heterocycles. The van der Waals surface area contributed by atoms with Gasteiger partial charge in [0, 0.05) is 18.2 Å². The molecule has 0 bridgehead atoms. The van der Waals surface area contributed by atoms with Crippen LogP contribution in [0, 0.1) is 0 Å². The fourth-order valence-corrected chi connectivity index (χ4v) is 3.60. The predicted molar refractivity (Wildman–Crippen MR) is 97.7 cm³/mol. The summed E-state index contributed by atoms with van der Waals surface area (Å²) in [6.07, 6.45) is 1.60. The van der Waals surface area contributed by atoms with Gasteiger partial charge >= 0.3 is 0 Å². The Balaban J connectivity index is 1.85. The second kappa shape index (κ2) is 7.06. The van der Waals surface area contributed by atoms with Crippen LogP contribution in [0.25, 0.3) is 16.9 Å². The van der Waals surface area contributed by atoms with Crippen molar-refractivity contribution in [2.24, 2.45) is 0 Å². The molecule has 7 heteroatoms. The van der Waals surface area contributed by atoms with Gasteiger partial charge in [-0.25, -0.2) is 18.3 Å². The van der Waals surface area contributed by atoms with Crippen molar-refractivity contribution in [3.8, 4) is 11.3 Å². The van der Waals surface area contributed by atoms with Crippen LogP contribution in [0.2, 0.25) is 0 Å². The average molecular weight is 370 g/mol. The van der Waals surface area contributed by atoms with Crippen molar-refractivity contribution in [1.29, 1.82) is 0 Å². The highest BCUT2D eigenvalue weighted by Gasteiger charge is 2.28. The summed E-state index contributed by atoms with van der Waals surface area (Å²) in [7, 11) is 0. The SMILES string of the molecule is CC1CCCCN1C(=O)c1cnn2c(C(F)F)cc(-c3ccccc3)nc12. The van der Waals surface area contributed by atoms with Crippen LogP contribution in [0.15, 0.2) is 42.6 Å². The molecule has 1 aromatic carbocycles. The average Bonchev–Trinajstić information content (AvgIpc) is 3.11. The number of piperidine rings is 1. The summed E-state index contributed by atoms with van der Waals surface area (Å²) in [5.41, 5.74) is 1.29. The molecule has 3 aromatic rings. The Bertz CT molecular complexity index is 971. The predicted octanol–water partition coefficient (Wildman–Crippen LogP) is 4.35. The lowest BCUT2D eigenvalue weighted by Gasteiger charge is -2.33. The molecule has 1 amide bonds. The number of aromatic nitrogens is 3. The molecule has 2 aromatic heterocycles. The Kier molecular flexibility index (Phi) is 4.59. The maximum absolute atomic E-state index is 13.6. The number of hydrogen-bond donors (Lipinski definition) is 0. The number of hydrogen-bond acceptors (Lipinski definition) is 3. The van der Waals surface area contributed by atoms with E-state index in [4.69, 9.17) is 0 Å². The van der Waals surface area contributed by atoms with Gasteiger partial charge < -0.3 is 4.90 Å². The minimum absolute atomic E-state index is 0.119. The van der Waals surface area contributed by atoms with Gasteiger partial charge in [0.05, 0.1) is 11.9 Å². The van der Waals surface area contributed by atoms with Crippen LogP contribution in [-0.4, -0.2) is 38.0 Å². The second-order valence-corrected chi connectivity index (χ2v) is 6.87. The summed E-state index contributed by atoms with van der Waals surface area (Å²) < 4.78 is 28.4. The number of halogens is 2. The quantitative estimate of drug-likeness (QED) is 0.689. The molecule has 0 saturated carbocycles. The van der Waals surface area contributed by atoms with E-state index in [1.165, 1.54) is 12.3 Å². The molecule has 0 aliphatic carbocycles. The van der Waals surface area contributed by atoms with Crippen molar-refractivity contribution in [2.75, 3.05) is 6.54 Å². The lowest BCUT2D eigenvalue weighted by Crippen LogP contribution is -2.42. The zero-order chi connectivity index (χ0) is 19.0. The molecule has 1 aliphatic rings. The first-order chi connectivity index (χ1) is 13.1. The van der Waals surface area contributed by atoms with E-state index in [1.807, 2.05) is 25.1 Å². The van der Waals surface area contributed by atoms with Crippen LogP contribution in [0.1, 0.15) is 48.7 Å². The van der Waals surface area contributed by atoms with Gasteiger partial charge in [0.25, 0.3) is 12.3 Å². The van der Waals surface area contributed by atoms with Crippen LogP contribution in [0.5, 0.6) is 0 Å². The van der Waals surface area contributed by atoms with Crippen LogP contribution in [0.3, 0.4) is 0 Å². The van der Waals surface area contributed by atoms with Crippen molar-refractivity contribution < 1.29 is 13.6 Å². The van der Waals surface area contributed by atoms with Crippen molar-refractivity contribution in [2.45, 2.75) is 38.7 Å². The number of alkyl halides is 2. The van der Waals surface area contributed by atoms with E-state index in [2.05, 4.69) is 10.1 Å². The molecule has 4 rings (SSSR count). The Morgan fingerprint density at radius 2 is 2.00 bits per heavy atom. The maximum Gasteiger partial charge on any atom is 0.280 e. The van der Waals surface area contributed by atoms with E-state index in [9.17, 15) is 13.6 Å². The number of benzene rings is 1. The van der Waals surface area contributed by atoms with E-state index in [1.54, 1.807) is 17.0 Å². The highest BCUT2D eigenvalue weighted by molar-refractivity contribution is 6.00. The van der Waals surface area contributed by atoms with Gasteiger partial charge in [-0.15, -0.1) is 0 Å². The minimum atomic E-state index is -2.73. The standard InChI is InChI=1S/C20H20F2N4O/c1-13-7-5-6-10-25(13)20(27)15-12-23-26-17(18(21)22)11-16(24-19(15)26)14-8-3-2-4-9-14/h2-4,8-9,11-13,18H,5-7,10H2,1H3. The summed E-state index contributed by atoms with van der Waals surface area (Å²) in [4.78, 5) is 19.4. The van der Waals surface area contributed by atoms with Gasteiger partial charge in [-0.05, 0) is 32.3 Å². The van der Waals surface area contributed by atoms with E-state index in [0.717, 1.165) is 23.8 Å². The van der Waals surface area contributed by atoms with Crippen LogP contribution < -0.4 is 0 Å². The first-order valence-corrected chi connectivity index (χ1v) is 9.09. The molecule has 140 valence electrons. The molecule has 1 aliphatic heterocycles. The van der Waals surface area contributed by atoms with E-state index in [0.29, 0.717) is 17.8 Å². The molecular weight excluding hydrogens is 350 g/mol. The summed E-state index contributed by atoms with van der Waals surface area (Å²) in [6, 6.07) is 10.5. The van der Waals surface area contributed by atoms with Crippen LogP contribution in [-0.2, 0) is 0 Å². The lowest BCUT2D eigenvalue weighted by atomic mass is 10.0. The molecule has 1 saturated heterocycles. The highest BCUT2D eigenvalue weighted by atomic mass is 19.3. The summed E-state index contributed by atoms with van der Waals surface area (Å²) >= 11 is 0. The third-order valence-corrected chi connectivity index (χ3v) is 5.09. The van der Waals surface area contributed by atoms with Crippen LogP contribution in [0.4, 0.5) is 8.78 Å². The molecular formula is C20H20F2N4O. The monoisotopic (exact) mass is 370 g/mol. The summed E-state index contributed by atoms with van der Waals surface area (Å²) in [5, 5.41) is 4.04. The van der Waals surface area contributed by atoms with E-state index in [-0.39, 0.29) is 28.9 Å². The minimum Gasteiger partial charge on any atom is -0.336 e. The Hall–Kier alpha value is -2.83. The molecule has 0 N–H and O–H groups in total. The summed E-state index contributed by atoms with van der Waals surface area (Å²) in [5.74, 6) is -0.199. The zero-order valence-corrected chi connectivity index (χ0v) is 15.0. The van der Waals surface area contributed by atoms with Crippen molar-refractivity contribution in [3.63, 3.8) is 0 Å². The van der Waals surface area contributed by atoms with Crippen molar-refractivity contribution in [1.82, 2.24) is 19.5 Å².